The summed E-state index contributed by atoms with van der Waals surface area (Å²) in [6, 6.07) is 2.71. The zero-order valence-electron chi connectivity index (χ0n) is 12.1. The van der Waals surface area contributed by atoms with Gasteiger partial charge in [-0.3, -0.25) is 4.79 Å². The third-order valence-electron chi connectivity index (χ3n) is 3.60. The van der Waals surface area contributed by atoms with Crippen molar-refractivity contribution < 1.29 is 4.79 Å². The third-order valence-corrected chi connectivity index (χ3v) is 4.33. The van der Waals surface area contributed by atoms with Crippen LogP contribution in [0.15, 0.2) is 16.8 Å². The summed E-state index contributed by atoms with van der Waals surface area (Å²) in [4.78, 5) is 14.2. The summed E-state index contributed by atoms with van der Waals surface area (Å²) in [6.45, 7) is 8.71. The van der Waals surface area contributed by atoms with E-state index in [9.17, 15) is 4.79 Å². The van der Waals surface area contributed by atoms with E-state index in [4.69, 9.17) is 0 Å². The van der Waals surface area contributed by atoms with E-state index in [0.717, 1.165) is 32.5 Å². The molecule has 0 aromatic carbocycles. The number of carbonyl (C=O) groups excluding carboxylic acids is 1. The summed E-state index contributed by atoms with van der Waals surface area (Å²) < 4.78 is 0. The molecule has 0 aliphatic carbocycles. The predicted molar refractivity (Wildman–Crippen MR) is 80.2 cm³/mol. The van der Waals surface area contributed by atoms with E-state index < -0.39 is 0 Å². The number of likely N-dealkylation sites (tertiary alicyclic amines) is 1. The molecule has 1 saturated heterocycles. The number of piperidine rings is 1. The number of amides is 1. The van der Waals surface area contributed by atoms with Crippen molar-refractivity contribution in [3.05, 3.63) is 22.4 Å². The van der Waals surface area contributed by atoms with Crippen LogP contribution < -0.4 is 5.32 Å². The van der Waals surface area contributed by atoms with E-state index in [2.05, 4.69) is 22.1 Å². The Morgan fingerprint density at radius 1 is 1.42 bits per heavy atom. The molecule has 4 heteroatoms. The van der Waals surface area contributed by atoms with E-state index in [-0.39, 0.29) is 11.3 Å². The van der Waals surface area contributed by atoms with Crippen molar-refractivity contribution in [2.24, 2.45) is 5.41 Å². The van der Waals surface area contributed by atoms with Gasteiger partial charge in [-0.25, -0.2) is 0 Å². The lowest BCUT2D eigenvalue weighted by Crippen LogP contribution is -2.48. The van der Waals surface area contributed by atoms with Crippen LogP contribution >= 0.6 is 11.3 Å². The van der Waals surface area contributed by atoms with E-state index in [1.165, 1.54) is 5.56 Å². The zero-order valence-corrected chi connectivity index (χ0v) is 12.9. The Kier molecular flexibility index (Phi) is 4.63. The molecule has 1 aliphatic rings. The maximum atomic E-state index is 12.2. The Morgan fingerprint density at radius 2 is 2.11 bits per heavy atom. The maximum Gasteiger partial charge on any atom is 0.227 e. The molecule has 0 radical (unpaired) electrons. The molecular weight excluding hydrogens is 256 g/mol. The van der Waals surface area contributed by atoms with Crippen LogP contribution in [0.25, 0.3) is 0 Å². The largest absolute Gasteiger partial charge is 0.342 e. The molecule has 1 aromatic rings. The molecule has 2 heterocycles. The van der Waals surface area contributed by atoms with Crippen molar-refractivity contribution in [1.29, 1.82) is 0 Å². The molecule has 1 N–H and O–H groups in total. The lowest BCUT2D eigenvalue weighted by atomic mass is 9.93. The first kappa shape index (κ1) is 14.5. The van der Waals surface area contributed by atoms with Crippen LogP contribution in [-0.2, 0) is 11.3 Å². The molecule has 19 heavy (non-hydrogen) atoms. The molecule has 0 atom stereocenters. The molecule has 1 aliphatic heterocycles. The molecule has 1 aromatic heterocycles. The van der Waals surface area contributed by atoms with Gasteiger partial charge in [0.05, 0.1) is 0 Å². The lowest BCUT2D eigenvalue weighted by molar-refractivity contribution is -0.140. The van der Waals surface area contributed by atoms with Crippen molar-refractivity contribution >= 4 is 17.2 Å². The molecule has 2 rings (SSSR count). The molecule has 0 saturated carbocycles. The van der Waals surface area contributed by atoms with Gasteiger partial charge in [-0.15, -0.1) is 0 Å². The summed E-state index contributed by atoms with van der Waals surface area (Å²) in [6.07, 6.45) is 2.12. The van der Waals surface area contributed by atoms with Crippen LogP contribution in [0.2, 0.25) is 0 Å². The second kappa shape index (κ2) is 6.06. The Morgan fingerprint density at radius 3 is 2.63 bits per heavy atom. The Balaban J connectivity index is 1.75. The summed E-state index contributed by atoms with van der Waals surface area (Å²) in [5, 5.41) is 7.89. The fourth-order valence-electron chi connectivity index (χ4n) is 2.42. The van der Waals surface area contributed by atoms with Gasteiger partial charge in [0.25, 0.3) is 0 Å². The number of rotatable bonds is 3. The second-order valence-electron chi connectivity index (χ2n) is 6.33. The maximum absolute atomic E-state index is 12.2. The molecule has 0 unspecified atom stereocenters. The summed E-state index contributed by atoms with van der Waals surface area (Å²) >= 11 is 1.74. The minimum Gasteiger partial charge on any atom is -0.342 e. The SMILES string of the molecule is CC(C)(C)C(=O)N1CCC(NCc2ccsc2)CC1. The first-order chi connectivity index (χ1) is 8.97. The van der Waals surface area contributed by atoms with Gasteiger partial charge >= 0.3 is 0 Å². The molecule has 0 bridgehead atoms. The molecule has 3 nitrogen and oxygen atoms in total. The highest BCUT2D eigenvalue weighted by molar-refractivity contribution is 7.07. The van der Waals surface area contributed by atoms with Gasteiger partial charge < -0.3 is 10.2 Å². The van der Waals surface area contributed by atoms with Gasteiger partial charge in [-0.05, 0) is 35.2 Å². The number of thiophene rings is 1. The number of nitrogens with one attached hydrogen (secondary N) is 1. The smallest absolute Gasteiger partial charge is 0.227 e. The van der Waals surface area contributed by atoms with Crippen LogP contribution in [0.1, 0.15) is 39.2 Å². The highest BCUT2D eigenvalue weighted by Crippen LogP contribution is 2.21. The lowest BCUT2D eigenvalue weighted by Gasteiger charge is -2.36. The normalized spacial score (nSPS) is 17.7. The number of hydrogen-bond donors (Lipinski definition) is 1. The van der Waals surface area contributed by atoms with Gasteiger partial charge in [-0.1, -0.05) is 20.8 Å². The highest BCUT2D eigenvalue weighted by atomic mass is 32.1. The first-order valence-corrected chi connectivity index (χ1v) is 7.95. The van der Waals surface area contributed by atoms with E-state index in [1.54, 1.807) is 11.3 Å². The predicted octanol–water partition coefficient (Wildman–Crippen LogP) is 2.87. The van der Waals surface area contributed by atoms with Crippen molar-refractivity contribution in [2.45, 2.75) is 46.2 Å². The molecule has 106 valence electrons. The average Bonchev–Trinajstić information content (AvgIpc) is 2.88. The molecular formula is C15H24N2OS. The summed E-state index contributed by atoms with van der Waals surface area (Å²) in [7, 11) is 0. The number of carbonyl (C=O) groups is 1. The van der Waals surface area contributed by atoms with Gasteiger partial charge in [-0.2, -0.15) is 11.3 Å². The first-order valence-electron chi connectivity index (χ1n) is 7.00. The topological polar surface area (TPSA) is 32.3 Å². The van der Waals surface area contributed by atoms with Crippen molar-refractivity contribution in [3.63, 3.8) is 0 Å². The van der Waals surface area contributed by atoms with E-state index >= 15 is 0 Å². The van der Waals surface area contributed by atoms with Crippen LogP contribution in [0.5, 0.6) is 0 Å². The molecule has 1 fully saturated rings. The summed E-state index contributed by atoms with van der Waals surface area (Å²) in [5.74, 6) is 0.281. The van der Waals surface area contributed by atoms with Crippen LogP contribution in [0.4, 0.5) is 0 Å². The summed E-state index contributed by atoms with van der Waals surface area (Å²) in [5.41, 5.74) is 1.11. The zero-order chi connectivity index (χ0) is 13.9. The molecule has 1 amide bonds. The fourth-order valence-corrected chi connectivity index (χ4v) is 3.09. The van der Waals surface area contributed by atoms with Gasteiger partial charge in [0.2, 0.25) is 5.91 Å². The average molecular weight is 280 g/mol. The monoisotopic (exact) mass is 280 g/mol. The standard InChI is InChI=1S/C15H24N2OS/c1-15(2,3)14(18)17-7-4-13(5-8-17)16-10-12-6-9-19-11-12/h6,9,11,13,16H,4-5,7-8,10H2,1-3H3. The minimum absolute atomic E-state index is 0.253. The fraction of sp³-hybridized carbons (Fsp3) is 0.667. The van der Waals surface area contributed by atoms with Gasteiger partial charge in [0, 0.05) is 31.1 Å². The van der Waals surface area contributed by atoms with E-state index in [1.807, 2.05) is 25.7 Å². The Labute approximate surface area is 120 Å². The molecule has 0 spiro atoms. The van der Waals surface area contributed by atoms with Crippen molar-refractivity contribution in [3.8, 4) is 0 Å². The van der Waals surface area contributed by atoms with Crippen LogP contribution in [-0.4, -0.2) is 29.9 Å². The Hall–Kier alpha value is -0.870. The van der Waals surface area contributed by atoms with Crippen LogP contribution in [0, 0.1) is 5.41 Å². The van der Waals surface area contributed by atoms with Gasteiger partial charge in [0.1, 0.15) is 0 Å². The van der Waals surface area contributed by atoms with Gasteiger partial charge in [0.15, 0.2) is 0 Å². The minimum atomic E-state index is -0.253. The quantitative estimate of drug-likeness (QED) is 0.923. The number of nitrogens with zero attached hydrogens (tertiary/aromatic N) is 1. The third kappa shape index (κ3) is 4.05. The van der Waals surface area contributed by atoms with Crippen molar-refractivity contribution in [2.75, 3.05) is 13.1 Å². The number of hydrogen-bond acceptors (Lipinski definition) is 3. The van der Waals surface area contributed by atoms with E-state index in [0.29, 0.717) is 6.04 Å². The second-order valence-corrected chi connectivity index (χ2v) is 7.11. The van der Waals surface area contributed by atoms with Crippen LogP contribution in [0.3, 0.4) is 0 Å². The highest BCUT2D eigenvalue weighted by Gasteiger charge is 2.30. The Bertz CT molecular complexity index is 400. The van der Waals surface area contributed by atoms with Crippen molar-refractivity contribution in [1.82, 2.24) is 10.2 Å².